The number of likely N-dealkylation sites (tertiary alicyclic amines) is 1. The van der Waals surface area contributed by atoms with Crippen LogP contribution < -0.4 is 10.5 Å². The molecule has 5 nitrogen and oxygen atoms in total. The molecule has 1 aromatic carbocycles. The molecule has 0 N–H and O–H groups in total. The van der Waals surface area contributed by atoms with E-state index in [0.717, 1.165) is 48.8 Å². The average Bonchev–Trinajstić information content (AvgIpc) is 3.35. The first-order chi connectivity index (χ1) is 13.7. The summed E-state index contributed by atoms with van der Waals surface area (Å²) >= 11 is 1.51. The number of aryl methyl sites for hydroxylation is 1. The molecule has 0 unspecified atom stereocenters. The van der Waals surface area contributed by atoms with E-state index < -0.39 is 0 Å². The van der Waals surface area contributed by atoms with Crippen LogP contribution in [-0.4, -0.2) is 46.5 Å². The standard InChI is InChI=1S/C22H26N4OS/c1-16-19(21(27)26-14-15-28-22(26)23-16)9-12-24-10-7-18(8-11-24)25-13-6-17-4-2-3-5-20(17)25/h2-5,14-15,18H,6-13H2,1H3. The van der Waals surface area contributed by atoms with Crippen LogP contribution >= 0.6 is 11.3 Å². The van der Waals surface area contributed by atoms with Crippen molar-refractivity contribution in [2.75, 3.05) is 31.1 Å². The van der Waals surface area contributed by atoms with E-state index >= 15 is 0 Å². The average molecular weight is 395 g/mol. The van der Waals surface area contributed by atoms with Crippen LogP contribution in [0.1, 0.15) is 29.7 Å². The summed E-state index contributed by atoms with van der Waals surface area (Å²) in [7, 11) is 0. The minimum atomic E-state index is 0.104. The van der Waals surface area contributed by atoms with Crippen molar-refractivity contribution in [3.05, 3.63) is 63.0 Å². The summed E-state index contributed by atoms with van der Waals surface area (Å²) in [6.07, 6.45) is 6.20. The first kappa shape index (κ1) is 17.9. The Morgan fingerprint density at radius 2 is 2.00 bits per heavy atom. The summed E-state index contributed by atoms with van der Waals surface area (Å²) in [5, 5.41) is 1.92. The van der Waals surface area contributed by atoms with Crippen molar-refractivity contribution < 1.29 is 0 Å². The largest absolute Gasteiger partial charge is 0.368 e. The van der Waals surface area contributed by atoms with Gasteiger partial charge in [0.2, 0.25) is 0 Å². The highest BCUT2D eigenvalue weighted by atomic mass is 32.1. The van der Waals surface area contributed by atoms with Gasteiger partial charge in [0.15, 0.2) is 4.96 Å². The summed E-state index contributed by atoms with van der Waals surface area (Å²) in [5.41, 5.74) is 4.80. The second kappa shape index (κ2) is 7.33. The number of thiazole rings is 1. The number of fused-ring (bicyclic) bond motifs is 2. The fourth-order valence-corrected chi connectivity index (χ4v) is 5.53. The zero-order valence-electron chi connectivity index (χ0n) is 16.3. The Hall–Kier alpha value is -2.18. The molecule has 6 heteroatoms. The number of hydrogen-bond acceptors (Lipinski definition) is 5. The molecule has 2 aromatic heterocycles. The van der Waals surface area contributed by atoms with Gasteiger partial charge in [0.05, 0.1) is 0 Å². The molecule has 28 heavy (non-hydrogen) atoms. The highest BCUT2D eigenvalue weighted by molar-refractivity contribution is 7.15. The minimum Gasteiger partial charge on any atom is -0.368 e. The molecule has 1 fully saturated rings. The molecule has 0 spiro atoms. The Labute approximate surface area is 169 Å². The van der Waals surface area contributed by atoms with Gasteiger partial charge < -0.3 is 9.80 Å². The molecule has 5 rings (SSSR count). The van der Waals surface area contributed by atoms with Crippen molar-refractivity contribution in [2.24, 2.45) is 0 Å². The second-order valence-corrected chi connectivity index (χ2v) is 8.80. The number of para-hydroxylation sites is 1. The number of piperidine rings is 1. The van der Waals surface area contributed by atoms with Gasteiger partial charge in [-0.15, -0.1) is 11.3 Å². The lowest BCUT2D eigenvalue weighted by Gasteiger charge is -2.38. The minimum absolute atomic E-state index is 0.104. The van der Waals surface area contributed by atoms with Gasteiger partial charge in [-0.2, -0.15) is 0 Å². The van der Waals surface area contributed by atoms with Crippen molar-refractivity contribution in [2.45, 2.75) is 38.6 Å². The van der Waals surface area contributed by atoms with E-state index in [1.54, 1.807) is 4.40 Å². The molecule has 0 aliphatic carbocycles. The van der Waals surface area contributed by atoms with Gasteiger partial charge in [-0.3, -0.25) is 9.20 Å². The molecule has 0 saturated carbocycles. The Balaban J connectivity index is 1.21. The molecule has 0 amide bonds. The molecule has 4 heterocycles. The first-order valence-corrected chi connectivity index (χ1v) is 11.1. The van der Waals surface area contributed by atoms with E-state index in [2.05, 4.69) is 39.0 Å². The summed E-state index contributed by atoms with van der Waals surface area (Å²) in [6.45, 7) is 6.28. The highest BCUT2D eigenvalue weighted by Gasteiger charge is 2.29. The SMILES string of the molecule is Cc1nc2sccn2c(=O)c1CCN1CCC(N2CCc3ccccc32)CC1. The van der Waals surface area contributed by atoms with Gasteiger partial charge in [0.1, 0.15) is 0 Å². The molecule has 0 radical (unpaired) electrons. The lowest BCUT2D eigenvalue weighted by Crippen LogP contribution is -2.45. The lowest BCUT2D eigenvalue weighted by molar-refractivity contribution is 0.211. The Bertz CT molecular complexity index is 1050. The van der Waals surface area contributed by atoms with E-state index in [4.69, 9.17) is 0 Å². The molecule has 146 valence electrons. The first-order valence-electron chi connectivity index (χ1n) is 10.2. The van der Waals surface area contributed by atoms with E-state index in [1.807, 2.05) is 18.5 Å². The third-order valence-corrected chi connectivity index (χ3v) is 7.12. The van der Waals surface area contributed by atoms with Crippen LogP contribution in [0.15, 0.2) is 40.6 Å². The smallest absolute Gasteiger partial charge is 0.261 e. The van der Waals surface area contributed by atoms with Crippen LogP contribution in [0.5, 0.6) is 0 Å². The zero-order chi connectivity index (χ0) is 19.1. The molecule has 2 aliphatic rings. The van der Waals surface area contributed by atoms with Gasteiger partial charge in [0, 0.05) is 60.7 Å². The second-order valence-electron chi connectivity index (χ2n) is 7.93. The predicted molar refractivity (Wildman–Crippen MR) is 115 cm³/mol. The molecule has 0 bridgehead atoms. The van der Waals surface area contributed by atoms with Crippen molar-refractivity contribution in [1.82, 2.24) is 14.3 Å². The Kier molecular flexibility index (Phi) is 4.69. The fourth-order valence-electron chi connectivity index (χ4n) is 4.77. The van der Waals surface area contributed by atoms with Gasteiger partial charge >= 0.3 is 0 Å². The summed E-state index contributed by atoms with van der Waals surface area (Å²) in [4.78, 5) is 23.3. The third kappa shape index (κ3) is 3.14. The van der Waals surface area contributed by atoms with Crippen LogP contribution in [0.4, 0.5) is 5.69 Å². The molecule has 0 atom stereocenters. The number of hydrogen-bond donors (Lipinski definition) is 0. The Morgan fingerprint density at radius 1 is 1.18 bits per heavy atom. The summed E-state index contributed by atoms with van der Waals surface area (Å²) in [5.74, 6) is 0. The van der Waals surface area contributed by atoms with Crippen molar-refractivity contribution in [3.63, 3.8) is 0 Å². The number of anilines is 1. The van der Waals surface area contributed by atoms with Crippen molar-refractivity contribution >= 4 is 22.0 Å². The van der Waals surface area contributed by atoms with Crippen LogP contribution in [-0.2, 0) is 12.8 Å². The van der Waals surface area contributed by atoms with E-state index in [1.165, 1.54) is 41.9 Å². The van der Waals surface area contributed by atoms with Gasteiger partial charge in [-0.25, -0.2) is 4.98 Å². The summed E-state index contributed by atoms with van der Waals surface area (Å²) in [6, 6.07) is 9.50. The van der Waals surface area contributed by atoms with Crippen LogP contribution in [0.2, 0.25) is 0 Å². The van der Waals surface area contributed by atoms with Gasteiger partial charge in [-0.05, 0) is 44.2 Å². The quantitative estimate of drug-likeness (QED) is 0.682. The van der Waals surface area contributed by atoms with Gasteiger partial charge in [0.25, 0.3) is 5.56 Å². The maximum Gasteiger partial charge on any atom is 0.261 e. The van der Waals surface area contributed by atoms with Crippen LogP contribution in [0.25, 0.3) is 4.96 Å². The molecular weight excluding hydrogens is 368 g/mol. The Morgan fingerprint density at radius 3 is 2.86 bits per heavy atom. The van der Waals surface area contributed by atoms with Crippen molar-refractivity contribution in [1.29, 1.82) is 0 Å². The predicted octanol–water partition coefficient (Wildman–Crippen LogP) is 3.13. The fraction of sp³-hybridized carbons (Fsp3) is 0.455. The number of benzene rings is 1. The molecule has 3 aromatic rings. The number of aromatic nitrogens is 2. The van der Waals surface area contributed by atoms with E-state index in [0.29, 0.717) is 6.04 Å². The summed E-state index contributed by atoms with van der Waals surface area (Å²) < 4.78 is 1.68. The monoisotopic (exact) mass is 394 g/mol. The number of rotatable bonds is 4. The zero-order valence-corrected chi connectivity index (χ0v) is 17.1. The van der Waals surface area contributed by atoms with Crippen LogP contribution in [0.3, 0.4) is 0 Å². The maximum absolute atomic E-state index is 12.7. The number of nitrogens with zero attached hydrogens (tertiary/aromatic N) is 4. The van der Waals surface area contributed by atoms with E-state index in [-0.39, 0.29) is 5.56 Å². The maximum atomic E-state index is 12.7. The third-order valence-electron chi connectivity index (χ3n) is 6.37. The van der Waals surface area contributed by atoms with Crippen LogP contribution in [0, 0.1) is 6.92 Å². The normalized spacial score (nSPS) is 18.1. The van der Waals surface area contributed by atoms with Gasteiger partial charge in [-0.1, -0.05) is 18.2 Å². The molecule has 1 saturated heterocycles. The lowest BCUT2D eigenvalue weighted by atomic mass is 10.0. The van der Waals surface area contributed by atoms with E-state index in [9.17, 15) is 4.79 Å². The topological polar surface area (TPSA) is 40.9 Å². The highest BCUT2D eigenvalue weighted by Crippen LogP contribution is 2.32. The van der Waals surface area contributed by atoms with Crippen molar-refractivity contribution in [3.8, 4) is 0 Å². The molecule has 2 aliphatic heterocycles. The molecular formula is C22H26N4OS.